The summed E-state index contributed by atoms with van der Waals surface area (Å²) in [5, 5.41) is 5.57. The topological polar surface area (TPSA) is 65.6 Å². The van der Waals surface area contributed by atoms with Crippen molar-refractivity contribution in [3.05, 3.63) is 68.1 Å². The van der Waals surface area contributed by atoms with E-state index < -0.39 is 0 Å². The van der Waals surface area contributed by atoms with E-state index in [-0.39, 0.29) is 11.5 Å². The lowest BCUT2D eigenvalue weighted by Gasteiger charge is -2.17. The summed E-state index contributed by atoms with van der Waals surface area (Å²) in [7, 11) is 0. The van der Waals surface area contributed by atoms with Crippen LogP contribution in [0, 0.1) is 12.8 Å². The number of hydrogen-bond donors (Lipinski definition) is 0. The van der Waals surface area contributed by atoms with E-state index >= 15 is 0 Å². The van der Waals surface area contributed by atoms with Crippen LogP contribution in [0.3, 0.4) is 0 Å². The highest BCUT2D eigenvalue weighted by molar-refractivity contribution is 9.10. The van der Waals surface area contributed by atoms with Gasteiger partial charge in [0.1, 0.15) is 10.3 Å². The third-order valence-electron chi connectivity index (χ3n) is 4.58. The fourth-order valence-electron chi connectivity index (χ4n) is 3.32. The molecule has 4 rings (SSSR count). The first-order chi connectivity index (χ1) is 13.9. The zero-order valence-electron chi connectivity index (χ0n) is 16.2. The highest BCUT2D eigenvalue weighted by Gasteiger charge is 2.21. The molecule has 148 valence electrons. The van der Waals surface area contributed by atoms with Gasteiger partial charge in [-0.05, 0) is 52.5 Å². The maximum atomic E-state index is 13.4. The van der Waals surface area contributed by atoms with Crippen LogP contribution >= 0.6 is 27.5 Å². The molecule has 0 spiro atoms. The van der Waals surface area contributed by atoms with Gasteiger partial charge in [0, 0.05) is 18.8 Å². The van der Waals surface area contributed by atoms with Crippen molar-refractivity contribution in [1.82, 2.24) is 24.3 Å². The number of fused-ring (bicyclic) bond motifs is 1. The van der Waals surface area contributed by atoms with Crippen molar-refractivity contribution in [2.75, 3.05) is 0 Å². The van der Waals surface area contributed by atoms with Gasteiger partial charge in [0.05, 0.1) is 15.9 Å². The second kappa shape index (κ2) is 7.72. The molecule has 8 heteroatoms. The summed E-state index contributed by atoms with van der Waals surface area (Å²) in [4.78, 5) is 22.6. The van der Waals surface area contributed by atoms with Gasteiger partial charge in [-0.15, -0.1) is 0 Å². The third-order valence-corrected chi connectivity index (χ3v) is 5.27. The van der Waals surface area contributed by atoms with E-state index in [1.165, 1.54) is 0 Å². The molecule has 0 saturated heterocycles. The predicted molar refractivity (Wildman–Crippen MR) is 119 cm³/mol. The predicted octanol–water partition coefficient (Wildman–Crippen LogP) is 5.02. The molecule has 29 heavy (non-hydrogen) atoms. The first-order valence-electron chi connectivity index (χ1n) is 9.24. The number of hydrogen-bond acceptors (Lipinski definition) is 4. The molecule has 0 saturated carbocycles. The van der Waals surface area contributed by atoms with Gasteiger partial charge in [-0.1, -0.05) is 37.6 Å². The molecule has 3 heterocycles. The smallest absolute Gasteiger partial charge is 0.261 e. The molecule has 0 unspecified atom stereocenters. The summed E-state index contributed by atoms with van der Waals surface area (Å²) in [6.07, 6.45) is 1.65. The second-order valence-corrected chi connectivity index (χ2v) is 8.51. The minimum atomic E-state index is -0.0709. The summed E-state index contributed by atoms with van der Waals surface area (Å²) in [5.74, 6) is 1.27. The monoisotopic (exact) mass is 471 g/mol. The Kier molecular flexibility index (Phi) is 5.27. The van der Waals surface area contributed by atoms with E-state index in [0.717, 1.165) is 5.56 Å². The first-order valence-corrected chi connectivity index (χ1v) is 10.4. The van der Waals surface area contributed by atoms with Crippen molar-refractivity contribution in [2.45, 2.75) is 27.3 Å². The first kappa shape index (κ1) is 19.8. The highest BCUT2D eigenvalue weighted by Crippen LogP contribution is 2.28. The maximum absolute atomic E-state index is 13.4. The number of para-hydroxylation sites is 1. The van der Waals surface area contributed by atoms with E-state index in [9.17, 15) is 4.79 Å². The van der Waals surface area contributed by atoms with Crippen LogP contribution in [-0.2, 0) is 6.54 Å². The zero-order chi connectivity index (χ0) is 20.7. The Hall–Kier alpha value is -2.51. The summed E-state index contributed by atoms with van der Waals surface area (Å²) < 4.78 is 3.93. The van der Waals surface area contributed by atoms with Crippen LogP contribution in [0.5, 0.6) is 0 Å². The number of nitrogens with zero attached hydrogens (tertiary/aromatic N) is 5. The minimum Gasteiger partial charge on any atom is -0.291 e. The van der Waals surface area contributed by atoms with Crippen LogP contribution in [0.25, 0.3) is 28.2 Å². The summed E-state index contributed by atoms with van der Waals surface area (Å²) in [6.45, 7) is 6.62. The van der Waals surface area contributed by atoms with E-state index in [2.05, 4.69) is 39.9 Å². The van der Waals surface area contributed by atoms with E-state index in [1.807, 2.05) is 31.2 Å². The van der Waals surface area contributed by atoms with Crippen molar-refractivity contribution in [1.29, 1.82) is 0 Å². The molecule has 6 nitrogen and oxygen atoms in total. The van der Waals surface area contributed by atoms with Crippen LogP contribution < -0.4 is 5.56 Å². The largest absolute Gasteiger partial charge is 0.291 e. The van der Waals surface area contributed by atoms with Crippen LogP contribution in [0.15, 0.2) is 52.0 Å². The Bertz CT molecular complexity index is 1280. The standard InChI is InChI=1S/C21H19BrClN5O/c1-12(2)11-27-20(25-18-13(3)6-4-7-14(18)21(27)29)16-10-17(22)26-28(16)19-15(23)8-5-9-24-19/h4-10,12H,11H2,1-3H3. The van der Waals surface area contributed by atoms with E-state index in [4.69, 9.17) is 16.6 Å². The van der Waals surface area contributed by atoms with Gasteiger partial charge >= 0.3 is 0 Å². The average molecular weight is 473 g/mol. The SMILES string of the molecule is Cc1cccc2c(=O)n(CC(C)C)c(-c3cc(Br)nn3-c3ncccc3Cl)nc12. The summed E-state index contributed by atoms with van der Waals surface area (Å²) in [6, 6.07) is 11.0. The molecule has 0 aliphatic heterocycles. The molecule has 0 radical (unpaired) electrons. The minimum absolute atomic E-state index is 0.0709. The van der Waals surface area contributed by atoms with Crippen molar-refractivity contribution < 1.29 is 0 Å². The van der Waals surface area contributed by atoms with Crippen molar-refractivity contribution in [2.24, 2.45) is 5.92 Å². The average Bonchev–Trinajstić information content (AvgIpc) is 3.06. The summed E-state index contributed by atoms with van der Waals surface area (Å²) in [5.41, 5.74) is 2.20. The summed E-state index contributed by atoms with van der Waals surface area (Å²) >= 11 is 9.82. The Labute approximate surface area is 181 Å². The number of rotatable bonds is 4. The Morgan fingerprint density at radius 2 is 2.00 bits per heavy atom. The number of aromatic nitrogens is 5. The third kappa shape index (κ3) is 3.60. The van der Waals surface area contributed by atoms with E-state index in [1.54, 1.807) is 27.6 Å². The fourth-order valence-corrected chi connectivity index (χ4v) is 3.90. The molecular formula is C21H19BrClN5O. The lowest BCUT2D eigenvalue weighted by Crippen LogP contribution is -2.26. The lowest BCUT2D eigenvalue weighted by molar-refractivity contribution is 0.511. The van der Waals surface area contributed by atoms with Gasteiger partial charge in [0.25, 0.3) is 5.56 Å². The van der Waals surface area contributed by atoms with Crippen molar-refractivity contribution >= 4 is 38.4 Å². The molecule has 0 atom stereocenters. The number of halogens is 2. The van der Waals surface area contributed by atoms with E-state index in [0.29, 0.717) is 44.4 Å². The van der Waals surface area contributed by atoms with Crippen molar-refractivity contribution in [3.63, 3.8) is 0 Å². The van der Waals surface area contributed by atoms with Gasteiger partial charge in [-0.3, -0.25) is 9.36 Å². The maximum Gasteiger partial charge on any atom is 0.261 e. The van der Waals surface area contributed by atoms with Crippen LogP contribution in [-0.4, -0.2) is 24.3 Å². The molecule has 3 aromatic heterocycles. The normalized spacial score (nSPS) is 11.5. The van der Waals surface area contributed by atoms with Crippen LogP contribution in [0.2, 0.25) is 5.02 Å². The van der Waals surface area contributed by atoms with Gasteiger partial charge in [-0.25, -0.2) is 14.6 Å². The Morgan fingerprint density at radius 1 is 1.21 bits per heavy atom. The fraction of sp³-hybridized carbons (Fsp3) is 0.238. The number of aryl methyl sites for hydroxylation is 1. The number of pyridine rings is 1. The molecule has 4 aromatic rings. The van der Waals surface area contributed by atoms with Gasteiger partial charge in [0.15, 0.2) is 11.6 Å². The molecular weight excluding hydrogens is 454 g/mol. The molecule has 0 aliphatic carbocycles. The molecule has 0 N–H and O–H groups in total. The molecule has 0 aliphatic rings. The molecule has 0 amide bonds. The van der Waals surface area contributed by atoms with Gasteiger partial charge in [0.2, 0.25) is 0 Å². The van der Waals surface area contributed by atoms with Crippen molar-refractivity contribution in [3.8, 4) is 17.3 Å². The second-order valence-electron chi connectivity index (χ2n) is 7.29. The molecule has 1 aromatic carbocycles. The molecule has 0 fully saturated rings. The van der Waals surface area contributed by atoms with Gasteiger partial charge < -0.3 is 0 Å². The number of benzene rings is 1. The quantitative estimate of drug-likeness (QED) is 0.418. The molecule has 0 bridgehead atoms. The van der Waals surface area contributed by atoms with Gasteiger partial charge in [-0.2, -0.15) is 5.10 Å². The zero-order valence-corrected chi connectivity index (χ0v) is 18.6. The Balaban J connectivity index is 2.08. The highest BCUT2D eigenvalue weighted by atomic mass is 79.9. The van der Waals surface area contributed by atoms with Crippen LogP contribution in [0.4, 0.5) is 0 Å². The lowest BCUT2D eigenvalue weighted by atomic mass is 10.1. The Morgan fingerprint density at radius 3 is 2.72 bits per heavy atom. The van der Waals surface area contributed by atoms with Crippen LogP contribution in [0.1, 0.15) is 19.4 Å².